The van der Waals surface area contributed by atoms with Crippen molar-refractivity contribution in [3.63, 3.8) is 0 Å². The van der Waals surface area contributed by atoms with Crippen molar-refractivity contribution >= 4 is 17.5 Å². The van der Waals surface area contributed by atoms with Crippen LogP contribution in [0.25, 0.3) is 11.4 Å². The summed E-state index contributed by atoms with van der Waals surface area (Å²) in [4.78, 5) is 24.2. The number of nitrogens with zero attached hydrogens (tertiary/aromatic N) is 3. The topological polar surface area (TPSA) is 91.4 Å². The largest absolute Gasteiger partial charge is 0.377 e. The number of aromatic nitrogens is 2. The van der Waals surface area contributed by atoms with Gasteiger partial charge in [-0.15, -0.1) is 0 Å². The van der Waals surface area contributed by atoms with Gasteiger partial charge in [-0.2, -0.15) is 0 Å². The molecule has 1 atom stereocenters. The minimum absolute atomic E-state index is 0.147. The Labute approximate surface area is 176 Å². The van der Waals surface area contributed by atoms with Gasteiger partial charge in [0.15, 0.2) is 5.82 Å². The summed E-state index contributed by atoms with van der Waals surface area (Å²) < 4.78 is 5.62. The normalized spacial score (nSPS) is 21.1. The van der Waals surface area contributed by atoms with Gasteiger partial charge in [0.05, 0.1) is 24.9 Å². The Morgan fingerprint density at radius 1 is 1.23 bits per heavy atom. The maximum absolute atomic E-state index is 12.0. The molecule has 1 aliphatic carbocycles. The molecule has 158 valence electrons. The van der Waals surface area contributed by atoms with Crippen LogP contribution in [0.5, 0.6) is 0 Å². The molecule has 1 aromatic heterocycles. The molecule has 1 saturated heterocycles. The number of carbonyl (C=O) groups excluding carboxylic acids is 1. The van der Waals surface area contributed by atoms with E-state index in [4.69, 9.17) is 14.7 Å². The molecular formula is C22H28N6O2. The van der Waals surface area contributed by atoms with Crippen molar-refractivity contribution in [2.24, 2.45) is 0 Å². The minimum atomic E-state index is -0.147. The molecule has 5 rings (SSSR count). The SMILES string of the molecule is C[C@H]1COCCN1c1nc(-c2ccc(NC(=O)NC3CC3)cc2)nc2c1CNCC2. The first-order valence-electron chi connectivity index (χ1n) is 10.8. The Morgan fingerprint density at radius 2 is 2.07 bits per heavy atom. The Bertz CT molecular complexity index is 928. The standard InChI is InChI=1S/C22H28N6O2/c1-14-13-30-11-10-28(14)21-18-12-23-9-8-19(18)26-20(27-21)15-2-4-16(5-3-15)24-22(29)25-17-6-7-17/h2-5,14,17,23H,6-13H2,1H3,(H2,24,25,29)/t14-/m0/s1. The van der Waals surface area contributed by atoms with Crippen LogP contribution in [-0.4, -0.2) is 54.4 Å². The molecule has 2 aromatic rings. The van der Waals surface area contributed by atoms with Crippen LogP contribution in [0.4, 0.5) is 16.3 Å². The molecule has 8 heteroatoms. The van der Waals surface area contributed by atoms with Crippen LogP contribution in [0.2, 0.25) is 0 Å². The van der Waals surface area contributed by atoms with Crippen LogP contribution in [-0.2, 0) is 17.7 Å². The number of hydrogen-bond acceptors (Lipinski definition) is 6. The average Bonchev–Trinajstić information content (AvgIpc) is 3.58. The van der Waals surface area contributed by atoms with E-state index in [9.17, 15) is 4.79 Å². The summed E-state index contributed by atoms with van der Waals surface area (Å²) in [5, 5.41) is 9.28. The highest BCUT2D eigenvalue weighted by Gasteiger charge is 2.27. The van der Waals surface area contributed by atoms with E-state index in [2.05, 4.69) is 27.8 Å². The van der Waals surface area contributed by atoms with Gasteiger partial charge in [-0.3, -0.25) is 0 Å². The van der Waals surface area contributed by atoms with Gasteiger partial charge < -0.3 is 25.6 Å². The van der Waals surface area contributed by atoms with Gasteiger partial charge in [0.2, 0.25) is 0 Å². The number of amides is 2. The third kappa shape index (κ3) is 4.11. The van der Waals surface area contributed by atoms with Gasteiger partial charge in [0, 0.05) is 48.9 Å². The van der Waals surface area contributed by atoms with E-state index in [0.717, 1.165) is 74.1 Å². The van der Waals surface area contributed by atoms with Crippen molar-refractivity contribution in [1.29, 1.82) is 0 Å². The van der Waals surface area contributed by atoms with Crippen LogP contribution in [0.1, 0.15) is 31.0 Å². The van der Waals surface area contributed by atoms with Crippen LogP contribution < -0.4 is 20.9 Å². The molecule has 3 N–H and O–H groups in total. The lowest BCUT2D eigenvalue weighted by molar-refractivity contribution is 0.0984. The Balaban J connectivity index is 1.42. The van der Waals surface area contributed by atoms with Crippen molar-refractivity contribution in [1.82, 2.24) is 20.6 Å². The fourth-order valence-corrected chi connectivity index (χ4v) is 4.02. The van der Waals surface area contributed by atoms with Gasteiger partial charge in [0.25, 0.3) is 0 Å². The zero-order valence-electron chi connectivity index (χ0n) is 17.3. The zero-order valence-corrected chi connectivity index (χ0v) is 17.3. The molecule has 0 radical (unpaired) electrons. The van der Waals surface area contributed by atoms with E-state index in [-0.39, 0.29) is 12.1 Å². The molecule has 2 fully saturated rings. The lowest BCUT2D eigenvalue weighted by Gasteiger charge is -2.36. The summed E-state index contributed by atoms with van der Waals surface area (Å²) in [6.45, 7) is 6.17. The maximum atomic E-state index is 12.0. The number of ether oxygens (including phenoxy) is 1. The monoisotopic (exact) mass is 408 g/mol. The fraction of sp³-hybridized carbons (Fsp3) is 0.500. The van der Waals surface area contributed by atoms with E-state index in [1.165, 1.54) is 5.56 Å². The van der Waals surface area contributed by atoms with Gasteiger partial charge in [-0.05, 0) is 44.0 Å². The zero-order chi connectivity index (χ0) is 20.5. The predicted molar refractivity (Wildman–Crippen MR) is 116 cm³/mol. The van der Waals surface area contributed by atoms with Gasteiger partial charge in [-0.1, -0.05) is 0 Å². The highest BCUT2D eigenvalue weighted by Crippen LogP contribution is 2.30. The summed E-state index contributed by atoms with van der Waals surface area (Å²) >= 11 is 0. The fourth-order valence-electron chi connectivity index (χ4n) is 4.02. The van der Waals surface area contributed by atoms with E-state index in [0.29, 0.717) is 12.6 Å². The first kappa shape index (κ1) is 19.3. The number of nitrogens with one attached hydrogen (secondary N) is 3. The van der Waals surface area contributed by atoms with Crippen LogP contribution >= 0.6 is 0 Å². The predicted octanol–water partition coefficient (Wildman–Crippen LogP) is 2.30. The molecule has 2 aliphatic heterocycles. The summed E-state index contributed by atoms with van der Waals surface area (Å²) in [5.74, 6) is 1.75. The van der Waals surface area contributed by atoms with Crippen LogP contribution in [0.3, 0.4) is 0 Å². The van der Waals surface area contributed by atoms with E-state index >= 15 is 0 Å². The van der Waals surface area contributed by atoms with Gasteiger partial charge in [-0.25, -0.2) is 14.8 Å². The first-order valence-corrected chi connectivity index (χ1v) is 10.8. The molecule has 3 heterocycles. The molecular weight excluding hydrogens is 380 g/mol. The third-order valence-corrected chi connectivity index (χ3v) is 5.86. The number of rotatable bonds is 4. The Morgan fingerprint density at radius 3 is 2.83 bits per heavy atom. The number of benzene rings is 1. The van der Waals surface area contributed by atoms with E-state index < -0.39 is 0 Å². The number of hydrogen-bond donors (Lipinski definition) is 3. The number of carbonyl (C=O) groups is 1. The quantitative estimate of drug-likeness (QED) is 0.719. The lowest BCUT2D eigenvalue weighted by atomic mass is 10.1. The van der Waals surface area contributed by atoms with Gasteiger partial charge >= 0.3 is 6.03 Å². The van der Waals surface area contributed by atoms with Crippen molar-refractivity contribution < 1.29 is 9.53 Å². The van der Waals surface area contributed by atoms with Crippen molar-refractivity contribution in [2.45, 2.75) is 44.8 Å². The highest BCUT2D eigenvalue weighted by atomic mass is 16.5. The van der Waals surface area contributed by atoms with Crippen molar-refractivity contribution in [2.75, 3.05) is 36.5 Å². The first-order chi connectivity index (χ1) is 14.7. The second-order valence-corrected chi connectivity index (χ2v) is 8.29. The summed E-state index contributed by atoms with van der Waals surface area (Å²) in [6, 6.07) is 8.23. The summed E-state index contributed by atoms with van der Waals surface area (Å²) in [5.41, 5.74) is 4.04. The second-order valence-electron chi connectivity index (χ2n) is 8.29. The molecule has 30 heavy (non-hydrogen) atoms. The second kappa shape index (κ2) is 8.20. The van der Waals surface area contributed by atoms with Crippen molar-refractivity contribution in [3.8, 4) is 11.4 Å². The molecule has 1 aromatic carbocycles. The maximum Gasteiger partial charge on any atom is 0.319 e. The molecule has 0 spiro atoms. The van der Waals surface area contributed by atoms with Gasteiger partial charge in [0.1, 0.15) is 5.82 Å². The Kier molecular flexibility index (Phi) is 5.26. The molecule has 2 amide bonds. The molecule has 0 unspecified atom stereocenters. The number of urea groups is 1. The lowest BCUT2D eigenvalue weighted by Crippen LogP contribution is -2.45. The minimum Gasteiger partial charge on any atom is -0.377 e. The number of anilines is 2. The van der Waals surface area contributed by atoms with E-state index in [1.807, 2.05) is 24.3 Å². The molecule has 1 saturated carbocycles. The third-order valence-electron chi connectivity index (χ3n) is 5.86. The van der Waals surface area contributed by atoms with Crippen LogP contribution in [0.15, 0.2) is 24.3 Å². The molecule has 8 nitrogen and oxygen atoms in total. The van der Waals surface area contributed by atoms with Crippen molar-refractivity contribution in [3.05, 3.63) is 35.5 Å². The summed E-state index contributed by atoms with van der Waals surface area (Å²) in [6.07, 6.45) is 3.04. The molecule has 0 bridgehead atoms. The Hall–Kier alpha value is -2.71. The number of morpholine rings is 1. The highest BCUT2D eigenvalue weighted by molar-refractivity contribution is 5.89. The van der Waals surface area contributed by atoms with E-state index in [1.54, 1.807) is 0 Å². The average molecular weight is 409 g/mol. The van der Waals surface area contributed by atoms with Crippen LogP contribution in [0, 0.1) is 0 Å². The smallest absolute Gasteiger partial charge is 0.319 e. The molecule has 3 aliphatic rings. The summed E-state index contributed by atoms with van der Waals surface area (Å²) in [7, 11) is 0. The number of fused-ring (bicyclic) bond motifs is 1.